The number of ether oxygens (including phenoxy) is 1. The Morgan fingerprint density at radius 1 is 1.12 bits per heavy atom. The Hall–Kier alpha value is -3.08. The molecule has 0 unspecified atom stereocenters. The molecule has 0 spiro atoms. The third-order valence-electron chi connectivity index (χ3n) is 3.99. The quantitative estimate of drug-likeness (QED) is 0.771. The van der Waals surface area contributed by atoms with Crippen LogP contribution in [0.3, 0.4) is 0 Å². The zero-order chi connectivity index (χ0) is 17.8. The van der Waals surface area contributed by atoms with E-state index in [1.807, 2.05) is 56.3 Å². The lowest BCUT2D eigenvalue weighted by atomic mass is 10.1. The number of aromatic nitrogens is 2. The highest BCUT2D eigenvalue weighted by Gasteiger charge is 2.13. The number of benzene rings is 2. The Kier molecular flexibility index (Phi) is 4.84. The van der Waals surface area contributed by atoms with Crippen molar-refractivity contribution in [2.45, 2.75) is 20.4 Å². The van der Waals surface area contributed by atoms with Crippen molar-refractivity contribution in [1.29, 1.82) is 0 Å². The van der Waals surface area contributed by atoms with Crippen molar-refractivity contribution in [2.24, 2.45) is 0 Å². The molecule has 0 fully saturated rings. The van der Waals surface area contributed by atoms with Crippen molar-refractivity contribution in [2.75, 3.05) is 12.4 Å². The number of methoxy groups -OCH3 is 1. The van der Waals surface area contributed by atoms with Gasteiger partial charge < -0.3 is 10.1 Å². The molecule has 25 heavy (non-hydrogen) atoms. The Bertz CT molecular complexity index is 885. The molecule has 3 rings (SSSR count). The summed E-state index contributed by atoms with van der Waals surface area (Å²) in [6, 6.07) is 17.3. The van der Waals surface area contributed by atoms with E-state index in [1.54, 1.807) is 23.9 Å². The van der Waals surface area contributed by atoms with Crippen LogP contribution in [0.4, 0.5) is 5.82 Å². The fourth-order valence-electron chi connectivity index (χ4n) is 2.67. The number of carbonyl (C=O) groups excluding carboxylic acids is 1. The minimum absolute atomic E-state index is 0.187. The van der Waals surface area contributed by atoms with Gasteiger partial charge in [0.15, 0.2) is 0 Å². The van der Waals surface area contributed by atoms with Crippen LogP contribution in [0.2, 0.25) is 0 Å². The van der Waals surface area contributed by atoms with Crippen molar-refractivity contribution >= 4 is 11.7 Å². The molecule has 0 aliphatic rings. The van der Waals surface area contributed by atoms with Crippen molar-refractivity contribution in [3.8, 4) is 5.75 Å². The van der Waals surface area contributed by atoms with Crippen molar-refractivity contribution in [3.05, 3.63) is 77.0 Å². The first-order chi connectivity index (χ1) is 12.1. The number of hydrogen-bond donors (Lipinski definition) is 1. The van der Waals surface area contributed by atoms with E-state index < -0.39 is 0 Å². The first kappa shape index (κ1) is 16.8. The predicted molar refractivity (Wildman–Crippen MR) is 98.2 cm³/mol. The van der Waals surface area contributed by atoms with Gasteiger partial charge in [-0.1, -0.05) is 36.4 Å². The molecule has 3 aromatic rings. The lowest BCUT2D eigenvalue weighted by molar-refractivity contribution is 0.102. The average molecular weight is 335 g/mol. The summed E-state index contributed by atoms with van der Waals surface area (Å²) in [6.07, 6.45) is 0. The number of hydrogen-bond acceptors (Lipinski definition) is 3. The van der Waals surface area contributed by atoms with Gasteiger partial charge in [-0.05, 0) is 37.1 Å². The van der Waals surface area contributed by atoms with E-state index >= 15 is 0 Å². The van der Waals surface area contributed by atoms with Crippen LogP contribution in [0.15, 0.2) is 54.6 Å². The Morgan fingerprint density at radius 2 is 1.88 bits per heavy atom. The number of rotatable bonds is 5. The zero-order valence-electron chi connectivity index (χ0n) is 14.6. The van der Waals surface area contributed by atoms with E-state index in [1.165, 1.54) is 0 Å². The summed E-state index contributed by atoms with van der Waals surface area (Å²) in [5.74, 6) is 1.18. The predicted octanol–water partition coefficient (Wildman–Crippen LogP) is 3.81. The van der Waals surface area contributed by atoms with Crippen LogP contribution in [0, 0.1) is 13.8 Å². The zero-order valence-corrected chi connectivity index (χ0v) is 14.6. The Morgan fingerprint density at radius 3 is 2.60 bits per heavy atom. The van der Waals surface area contributed by atoms with Crippen LogP contribution in [0.1, 0.15) is 27.2 Å². The van der Waals surface area contributed by atoms with Gasteiger partial charge in [0.1, 0.15) is 11.6 Å². The minimum atomic E-state index is -0.187. The third kappa shape index (κ3) is 3.88. The second kappa shape index (κ2) is 7.21. The highest BCUT2D eigenvalue weighted by molar-refractivity contribution is 6.04. The molecule has 1 heterocycles. The average Bonchev–Trinajstić information content (AvgIpc) is 2.95. The van der Waals surface area contributed by atoms with Crippen molar-refractivity contribution in [3.63, 3.8) is 0 Å². The number of anilines is 1. The maximum atomic E-state index is 12.6. The van der Waals surface area contributed by atoms with Gasteiger partial charge in [-0.2, -0.15) is 5.10 Å². The van der Waals surface area contributed by atoms with Gasteiger partial charge in [0.05, 0.1) is 19.3 Å². The maximum absolute atomic E-state index is 12.6. The fraction of sp³-hybridized carbons (Fsp3) is 0.200. The van der Waals surface area contributed by atoms with E-state index in [-0.39, 0.29) is 5.91 Å². The molecule has 0 aliphatic heterocycles. The summed E-state index contributed by atoms with van der Waals surface area (Å²) < 4.78 is 7.09. The molecule has 0 bridgehead atoms. The van der Waals surface area contributed by atoms with Gasteiger partial charge in [0.2, 0.25) is 0 Å². The SMILES string of the molecule is COc1cc(C(=O)Nc2cc(C)nn2Cc2ccccc2)ccc1C. The standard InChI is InChI=1S/C20H21N3O2/c1-14-9-10-17(12-18(14)25-3)20(24)21-19-11-15(2)22-23(19)13-16-7-5-4-6-8-16/h4-12H,13H2,1-3H3,(H,21,24). The molecular formula is C20H21N3O2. The van der Waals surface area contributed by atoms with E-state index in [2.05, 4.69) is 10.4 Å². The van der Waals surface area contributed by atoms with Gasteiger partial charge in [-0.15, -0.1) is 0 Å². The lowest BCUT2D eigenvalue weighted by Gasteiger charge is -2.10. The summed E-state index contributed by atoms with van der Waals surface area (Å²) in [7, 11) is 1.60. The number of aryl methyl sites for hydroxylation is 2. The van der Waals surface area contributed by atoms with Crippen LogP contribution in [-0.4, -0.2) is 22.8 Å². The summed E-state index contributed by atoms with van der Waals surface area (Å²) in [4.78, 5) is 12.6. The lowest BCUT2D eigenvalue weighted by Crippen LogP contribution is -2.16. The molecule has 1 aromatic heterocycles. The van der Waals surface area contributed by atoms with Gasteiger partial charge in [0.25, 0.3) is 5.91 Å². The van der Waals surface area contributed by atoms with E-state index in [4.69, 9.17) is 4.74 Å². The van der Waals surface area contributed by atoms with Gasteiger partial charge in [0, 0.05) is 11.6 Å². The summed E-state index contributed by atoms with van der Waals surface area (Å²) in [6.45, 7) is 4.45. The number of nitrogens with one attached hydrogen (secondary N) is 1. The smallest absolute Gasteiger partial charge is 0.256 e. The first-order valence-corrected chi connectivity index (χ1v) is 8.11. The maximum Gasteiger partial charge on any atom is 0.256 e. The molecule has 5 heteroatoms. The highest BCUT2D eigenvalue weighted by Crippen LogP contribution is 2.20. The van der Waals surface area contributed by atoms with Crippen molar-refractivity contribution < 1.29 is 9.53 Å². The molecule has 5 nitrogen and oxygen atoms in total. The monoisotopic (exact) mass is 335 g/mol. The normalized spacial score (nSPS) is 10.5. The topological polar surface area (TPSA) is 56.1 Å². The molecule has 0 radical (unpaired) electrons. The molecule has 1 amide bonds. The third-order valence-corrected chi connectivity index (χ3v) is 3.99. The van der Waals surface area contributed by atoms with Crippen molar-refractivity contribution in [1.82, 2.24) is 9.78 Å². The van der Waals surface area contributed by atoms with Gasteiger partial charge in [-0.25, -0.2) is 4.68 Å². The number of carbonyl (C=O) groups is 1. The second-order valence-electron chi connectivity index (χ2n) is 5.95. The molecular weight excluding hydrogens is 314 g/mol. The van der Waals surface area contributed by atoms with E-state index in [9.17, 15) is 4.79 Å². The summed E-state index contributed by atoms with van der Waals surface area (Å²) in [5.41, 5.74) is 3.52. The summed E-state index contributed by atoms with van der Waals surface area (Å²) >= 11 is 0. The summed E-state index contributed by atoms with van der Waals surface area (Å²) in [5, 5.41) is 7.42. The molecule has 0 aliphatic carbocycles. The molecule has 128 valence electrons. The van der Waals surface area contributed by atoms with Crippen LogP contribution in [0.5, 0.6) is 5.75 Å². The Balaban J connectivity index is 1.82. The molecule has 0 saturated heterocycles. The van der Waals surface area contributed by atoms with Crippen LogP contribution in [-0.2, 0) is 6.54 Å². The second-order valence-corrected chi connectivity index (χ2v) is 5.95. The first-order valence-electron chi connectivity index (χ1n) is 8.11. The van der Waals surface area contributed by atoms with Crippen LogP contribution < -0.4 is 10.1 Å². The molecule has 2 aromatic carbocycles. The number of nitrogens with zero attached hydrogens (tertiary/aromatic N) is 2. The van der Waals surface area contributed by atoms with E-state index in [0.29, 0.717) is 23.7 Å². The molecule has 0 atom stereocenters. The minimum Gasteiger partial charge on any atom is -0.496 e. The largest absolute Gasteiger partial charge is 0.496 e. The molecule has 1 N–H and O–H groups in total. The van der Waals surface area contributed by atoms with Gasteiger partial charge >= 0.3 is 0 Å². The van der Waals surface area contributed by atoms with Crippen LogP contribution >= 0.6 is 0 Å². The van der Waals surface area contributed by atoms with E-state index in [0.717, 1.165) is 16.8 Å². The number of amides is 1. The Labute approximate surface area is 147 Å². The highest BCUT2D eigenvalue weighted by atomic mass is 16.5. The molecule has 0 saturated carbocycles. The van der Waals surface area contributed by atoms with Gasteiger partial charge in [-0.3, -0.25) is 4.79 Å². The fourth-order valence-corrected chi connectivity index (χ4v) is 2.67. The van der Waals surface area contributed by atoms with Crippen LogP contribution in [0.25, 0.3) is 0 Å².